The quantitative estimate of drug-likeness (QED) is 0.556. The van der Waals surface area contributed by atoms with E-state index in [9.17, 15) is 4.79 Å². The van der Waals surface area contributed by atoms with Crippen molar-refractivity contribution < 1.29 is 9.53 Å². The molecule has 0 aliphatic heterocycles. The average molecular weight is 179 g/mol. The summed E-state index contributed by atoms with van der Waals surface area (Å²) in [5.74, 6) is 0.453. The van der Waals surface area contributed by atoms with Gasteiger partial charge < -0.3 is 10.5 Å². The molecule has 0 bridgehead atoms. The van der Waals surface area contributed by atoms with Crippen molar-refractivity contribution in [2.24, 2.45) is 0 Å². The van der Waals surface area contributed by atoms with Gasteiger partial charge in [0, 0.05) is 0 Å². The van der Waals surface area contributed by atoms with Gasteiger partial charge in [0.2, 0.25) is 0 Å². The normalized spacial score (nSPS) is 9.77. The van der Waals surface area contributed by atoms with Crippen molar-refractivity contribution in [2.45, 2.75) is 13.8 Å². The zero-order chi connectivity index (χ0) is 10.0. The summed E-state index contributed by atoms with van der Waals surface area (Å²) in [5, 5.41) is 0. The van der Waals surface area contributed by atoms with Crippen molar-refractivity contribution in [3.8, 4) is 5.75 Å². The maximum absolute atomic E-state index is 11.3. The molecule has 0 fully saturated rings. The minimum atomic E-state index is -0.0262. The fourth-order valence-electron chi connectivity index (χ4n) is 1.35. The first kappa shape index (κ1) is 9.58. The minimum absolute atomic E-state index is 0.0262. The lowest BCUT2D eigenvalue weighted by molar-refractivity contribution is 0.101. The smallest absolute Gasteiger partial charge is 0.163 e. The fourth-order valence-corrected chi connectivity index (χ4v) is 1.35. The van der Waals surface area contributed by atoms with E-state index in [0.29, 0.717) is 17.0 Å². The summed E-state index contributed by atoms with van der Waals surface area (Å²) in [5.41, 5.74) is 7.62. The van der Waals surface area contributed by atoms with Crippen LogP contribution in [0.1, 0.15) is 22.8 Å². The maximum Gasteiger partial charge on any atom is 0.163 e. The van der Waals surface area contributed by atoms with Crippen LogP contribution in [0.3, 0.4) is 0 Å². The lowest BCUT2D eigenvalue weighted by Gasteiger charge is -2.10. The van der Waals surface area contributed by atoms with E-state index in [4.69, 9.17) is 10.5 Å². The van der Waals surface area contributed by atoms with Gasteiger partial charge in [0.15, 0.2) is 11.5 Å². The molecule has 0 radical (unpaired) electrons. The first-order valence-electron chi connectivity index (χ1n) is 4.02. The summed E-state index contributed by atoms with van der Waals surface area (Å²) < 4.78 is 5.07. The van der Waals surface area contributed by atoms with E-state index in [1.165, 1.54) is 14.0 Å². The highest BCUT2D eigenvalue weighted by atomic mass is 16.5. The number of nitrogen functional groups attached to an aromatic ring is 1. The number of ketones is 1. The molecule has 0 aromatic heterocycles. The van der Waals surface area contributed by atoms with Gasteiger partial charge in [-0.05, 0) is 25.5 Å². The number of benzene rings is 1. The van der Waals surface area contributed by atoms with Crippen LogP contribution in [0.25, 0.3) is 0 Å². The minimum Gasteiger partial charge on any atom is -0.494 e. The van der Waals surface area contributed by atoms with Crippen LogP contribution in [-0.4, -0.2) is 12.9 Å². The largest absolute Gasteiger partial charge is 0.494 e. The lowest BCUT2D eigenvalue weighted by Crippen LogP contribution is -2.03. The van der Waals surface area contributed by atoms with E-state index in [-0.39, 0.29) is 5.78 Å². The second-order valence-corrected chi connectivity index (χ2v) is 2.94. The number of hydrogen-bond acceptors (Lipinski definition) is 3. The molecule has 1 rings (SSSR count). The van der Waals surface area contributed by atoms with E-state index in [0.717, 1.165) is 5.56 Å². The number of ether oxygens (including phenoxy) is 1. The number of hydrogen-bond donors (Lipinski definition) is 1. The van der Waals surface area contributed by atoms with Crippen molar-refractivity contribution in [1.29, 1.82) is 0 Å². The van der Waals surface area contributed by atoms with E-state index in [1.807, 2.05) is 13.0 Å². The Morgan fingerprint density at radius 3 is 2.46 bits per heavy atom. The molecule has 3 heteroatoms. The van der Waals surface area contributed by atoms with E-state index >= 15 is 0 Å². The molecule has 0 atom stereocenters. The predicted octanol–water partition coefficient (Wildman–Crippen LogP) is 1.79. The maximum atomic E-state index is 11.3. The molecule has 1 aromatic rings. The van der Waals surface area contributed by atoms with Crippen LogP contribution in [0, 0.1) is 6.92 Å². The van der Waals surface area contributed by atoms with Crippen molar-refractivity contribution in [2.75, 3.05) is 12.8 Å². The molecule has 3 nitrogen and oxygen atoms in total. The molecule has 0 heterocycles. The van der Waals surface area contributed by atoms with E-state index in [1.54, 1.807) is 6.07 Å². The summed E-state index contributed by atoms with van der Waals surface area (Å²) in [6.45, 7) is 3.36. The molecule has 1 aromatic carbocycles. The van der Waals surface area contributed by atoms with Gasteiger partial charge in [-0.3, -0.25) is 4.79 Å². The second kappa shape index (κ2) is 3.47. The first-order valence-corrected chi connectivity index (χ1v) is 4.02. The number of Topliss-reactive ketones (excluding diaryl/α,β-unsaturated/α-hetero) is 1. The summed E-state index contributed by atoms with van der Waals surface area (Å²) in [7, 11) is 1.51. The van der Waals surface area contributed by atoms with Gasteiger partial charge in [-0.2, -0.15) is 0 Å². The summed E-state index contributed by atoms with van der Waals surface area (Å²) >= 11 is 0. The number of methoxy groups -OCH3 is 1. The van der Waals surface area contributed by atoms with Crippen molar-refractivity contribution in [3.05, 3.63) is 23.3 Å². The number of carbonyl (C=O) groups is 1. The molecule has 0 unspecified atom stereocenters. The van der Waals surface area contributed by atoms with E-state index < -0.39 is 0 Å². The Bertz CT molecular complexity index is 345. The van der Waals surface area contributed by atoms with Crippen LogP contribution >= 0.6 is 0 Å². The van der Waals surface area contributed by atoms with Gasteiger partial charge in [0.1, 0.15) is 0 Å². The van der Waals surface area contributed by atoms with Crippen LogP contribution in [-0.2, 0) is 0 Å². The van der Waals surface area contributed by atoms with Crippen LogP contribution in [0.2, 0.25) is 0 Å². The standard InChI is InChI=1S/C10H13NO2/c1-6-4-5-8(11)10(13-3)9(6)7(2)12/h4-5H,11H2,1-3H3. The third-order valence-electron chi connectivity index (χ3n) is 1.95. The number of carbonyl (C=O) groups excluding carboxylic acids is 1. The first-order chi connectivity index (χ1) is 6.07. The highest BCUT2D eigenvalue weighted by Gasteiger charge is 2.13. The van der Waals surface area contributed by atoms with Gasteiger partial charge in [0.25, 0.3) is 0 Å². The van der Waals surface area contributed by atoms with Gasteiger partial charge in [-0.25, -0.2) is 0 Å². The fraction of sp³-hybridized carbons (Fsp3) is 0.300. The SMILES string of the molecule is COc1c(N)ccc(C)c1C(C)=O. The molecular formula is C10H13NO2. The molecule has 0 saturated carbocycles. The van der Waals surface area contributed by atoms with E-state index in [2.05, 4.69) is 0 Å². The highest BCUT2D eigenvalue weighted by Crippen LogP contribution is 2.29. The average Bonchev–Trinajstić information content (AvgIpc) is 2.07. The number of aryl methyl sites for hydroxylation is 1. The van der Waals surface area contributed by atoms with Gasteiger partial charge in [-0.15, -0.1) is 0 Å². The third kappa shape index (κ3) is 1.64. The number of anilines is 1. The molecule has 2 N–H and O–H groups in total. The Morgan fingerprint density at radius 1 is 1.46 bits per heavy atom. The van der Waals surface area contributed by atoms with Crippen molar-refractivity contribution in [3.63, 3.8) is 0 Å². The Labute approximate surface area is 77.5 Å². The Balaban J connectivity index is 3.43. The number of nitrogens with two attached hydrogens (primary N) is 1. The zero-order valence-electron chi connectivity index (χ0n) is 8.05. The molecule has 0 amide bonds. The third-order valence-corrected chi connectivity index (χ3v) is 1.95. The van der Waals surface area contributed by atoms with Gasteiger partial charge in [-0.1, -0.05) is 6.07 Å². The molecule has 0 aliphatic rings. The monoisotopic (exact) mass is 179 g/mol. The molecule has 0 spiro atoms. The molecule has 70 valence electrons. The Morgan fingerprint density at radius 2 is 2.08 bits per heavy atom. The Kier molecular flexibility index (Phi) is 2.56. The molecule has 0 aliphatic carbocycles. The zero-order valence-corrected chi connectivity index (χ0v) is 8.05. The highest BCUT2D eigenvalue weighted by molar-refractivity contribution is 6.00. The van der Waals surface area contributed by atoms with Gasteiger partial charge in [0.05, 0.1) is 18.4 Å². The van der Waals surface area contributed by atoms with Crippen LogP contribution in [0.15, 0.2) is 12.1 Å². The molecule has 13 heavy (non-hydrogen) atoms. The van der Waals surface area contributed by atoms with Crippen LogP contribution in [0.5, 0.6) is 5.75 Å². The Hall–Kier alpha value is -1.51. The second-order valence-electron chi connectivity index (χ2n) is 2.94. The summed E-state index contributed by atoms with van der Waals surface area (Å²) in [6.07, 6.45) is 0. The van der Waals surface area contributed by atoms with Crippen molar-refractivity contribution >= 4 is 11.5 Å². The molecule has 0 saturated heterocycles. The number of rotatable bonds is 2. The summed E-state index contributed by atoms with van der Waals surface area (Å²) in [4.78, 5) is 11.3. The predicted molar refractivity (Wildman–Crippen MR) is 52.1 cm³/mol. The van der Waals surface area contributed by atoms with Crippen LogP contribution in [0.4, 0.5) is 5.69 Å². The molecular weight excluding hydrogens is 166 g/mol. The lowest BCUT2D eigenvalue weighted by atomic mass is 10.0. The topological polar surface area (TPSA) is 52.3 Å². The van der Waals surface area contributed by atoms with Gasteiger partial charge >= 0.3 is 0 Å². The van der Waals surface area contributed by atoms with Crippen LogP contribution < -0.4 is 10.5 Å². The summed E-state index contributed by atoms with van der Waals surface area (Å²) in [6, 6.07) is 3.55. The van der Waals surface area contributed by atoms with Crippen molar-refractivity contribution in [1.82, 2.24) is 0 Å².